The molecule has 0 radical (unpaired) electrons. The monoisotopic (exact) mass is 404 g/mol. The van der Waals surface area contributed by atoms with E-state index in [1.807, 2.05) is 0 Å². The minimum Gasteiger partial charge on any atom is -0.347 e. The number of anilines is 1. The van der Waals surface area contributed by atoms with E-state index in [1.165, 1.54) is 24.3 Å². The first-order valence-corrected chi connectivity index (χ1v) is 9.61. The predicted octanol–water partition coefficient (Wildman–Crippen LogP) is 4.81. The van der Waals surface area contributed by atoms with Crippen molar-refractivity contribution < 1.29 is 22.8 Å². The molecule has 154 valence electrons. The number of carbonyl (C=O) groups is 2. The van der Waals surface area contributed by atoms with Crippen LogP contribution in [0.25, 0.3) is 0 Å². The molecule has 0 bridgehead atoms. The highest BCUT2D eigenvalue weighted by atomic mass is 19.1. The van der Waals surface area contributed by atoms with Crippen LogP contribution in [0.3, 0.4) is 0 Å². The summed E-state index contributed by atoms with van der Waals surface area (Å²) in [6, 6.07) is 8.25. The number of nitrogens with one attached hydrogen (secondary N) is 2. The fourth-order valence-corrected chi connectivity index (χ4v) is 3.46. The smallest absolute Gasteiger partial charge is 0.251 e. The van der Waals surface area contributed by atoms with E-state index in [0.29, 0.717) is 18.5 Å². The van der Waals surface area contributed by atoms with Crippen LogP contribution in [0.15, 0.2) is 42.5 Å². The highest BCUT2D eigenvalue weighted by Gasteiger charge is 2.38. The molecule has 0 saturated heterocycles. The third-order valence-corrected chi connectivity index (χ3v) is 5.43. The van der Waals surface area contributed by atoms with Gasteiger partial charge in [0.05, 0.1) is 0 Å². The molecule has 0 unspecified atom stereocenters. The SMILES string of the molecule is C[C@@H](CCC1(NC(=O)c2cc(F)cc(F)c2)CCC1)C(=O)Nc1ccc(F)cc1. The van der Waals surface area contributed by atoms with Crippen LogP contribution < -0.4 is 10.6 Å². The van der Waals surface area contributed by atoms with E-state index in [1.54, 1.807) is 6.92 Å². The molecule has 1 saturated carbocycles. The van der Waals surface area contributed by atoms with Crippen LogP contribution in [0, 0.1) is 23.4 Å². The van der Waals surface area contributed by atoms with Crippen LogP contribution in [0.5, 0.6) is 0 Å². The van der Waals surface area contributed by atoms with Crippen LogP contribution in [-0.2, 0) is 4.79 Å². The maximum absolute atomic E-state index is 13.4. The molecule has 0 aromatic heterocycles. The second kappa shape index (κ2) is 8.68. The predicted molar refractivity (Wildman–Crippen MR) is 104 cm³/mol. The third kappa shape index (κ3) is 5.37. The van der Waals surface area contributed by atoms with E-state index >= 15 is 0 Å². The fourth-order valence-electron chi connectivity index (χ4n) is 3.46. The van der Waals surface area contributed by atoms with Crippen LogP contribution >= 0.6 is 0 Å². The number of hydrogen-bond donors (Lipinski definition) is 2. The van der Waals surface area contributed by atoms with Gasteiger partial charge in [-0.2, -0.15) is 0 Å². The van der Waals surface area contributed by atoms with Gasteiger partial charge in [0, 0.05) is 28.8 Å². The highest BCUT2D eigenvalue weighted by Crippen LogP contribution is 2.37. The van der Waals surface area contributed by atoms with Crippen molar-refractivity contribution >= 4 is 17.5 Å². The van der Waals surface area contributed by atoms with E-state index < -0.39 is 23.1 Å². The maximum atomic E-state index is 13.4. The van der Waals surface area contributed by atoms with E-state index in [2.05, 4.69) is 10.6 Å². The van der Waals surface area contributed by atoms with Crippen LogP contribution in [-0.4, -0.2) is 17.4 Å². The molecular weight excluding hydrogens is 381 g/mol. The van der Waals surface area contributed by atoms with Crippen LogP contribution in [0.2, 0.25) is 0 Å². The van der Waals surface area contributed by atoms with Gasteiger partial charge in [0.2, 0.25) is 5.91 Å². The fraction of sp³-hybridized carbons (Fsp3) is 0.364. The van der Waals surface area contributed by atoms with Crippen LogP contribution in [0.1, 0.15) is 49.4 Å². The lowest BCUT2D eigenvalue weighted by Gasteiger charge is -2.43. The average molecular weight is 404 g/mol. The Balaban J connectivity index is 1.56. The summed E-state index contributed by atoms with van der Waals surface area (Å²) >= 11 is 0. The van der Waals surface area contributed by atoms with Crippen molar-refractivity contribution in [2.75, 3.05) is 5.32 Å². The number of rotatable bonds is 7. The van der Waals surface area contributed by atoms with Crippen molar-refractivity contribution in [1.29, 1.82) is 0 Å². The van der Waals surface area contributed by atoms with Crippen molar-refractivity contribution in [3.8, 4) is 0 Å². The van der Waals surface area contributed by atoms with E-state index in [0.717, 1.165) is 37.5 Å². The van der Waals surface area contributed by atoms with Crippen molar-refractivity contribution in [3.63, 3.8) is 0 Å². The molecule has 1 fully saturated rings. The van der Waals surface area contributed by atoms with E-state index in [9.17, 15) is 22.8 Å². The molecule has 0 aliphatic heterocycles. The van der Waals surface area contributed by atoms with Gasteiger partial charge in [-0.1, -0.05) is 6.92 Å². The average Bonchev–Trinajstić information content (AvgIpc) is 2.64. The van der Waals surface area contributed by atoms with E-state index in [4.69, 9.17) is 0 Å². The Morgan fingerprint density at radius 2 is 1.62 bits per heavy atom. The summed E-state index contributed by atoms with van der Waals surface area (Å²) in [4.78, 5) is 24.8. The minimum absolute atomic E-state index is 0.0594. The molecule has 0 spiro atoms. The lowest BCUT2D eigenvalue weighted by molar-refractivity contribution is -0.119. The molecule has 2 aromatic carbocycles. The molecule has 1 aliphatic carbocycles. The van der Waals surface area contributed by atoms with Crippen molar-refractivity contribution in [2.45, 2.75) is 44.6 Å². The minimum atomic E-state index is -0.802. The molecule has 29 heavy (non-hydrogen) atoms. The standard InChI is InChI=1S/C22H23F3N2O2/c1-14(20(28)26-19-5-3-16(23)4-6-19)7-10-22(8-2-9-22)27-21(29)15-11-17(24)13-18(25)12-15/h3-6,11-14H,2,7-10H2,1H3,(H,26,28)(H,27,29)/t14-/m0/s1. The van der Waals surface area contributed by atoms with Crippen molar-refractivity contribution in [3.05, 3.63) is 65.5 Å². The van der Waals surface area contributed by atoms with Crippen molar-refractivity contribution in [2.24, 2.45) is 5.92 Å². The number of hydrogen-bond acceptors (Lipinski definition) is 2. The zero-order valence-corrected chi connectivity index (χ0v) is 16.1. The molecule has 7 heteroatoms. The van der Waals surface area contributed by atoms with Gasteiger partial charge in [-0.05, 0) is 68.5 Å². The molecule has 2 aromatic rings. The first kappa shape index (κ1) is 20.9. The van der Waals surface area contributed by atoms with E-state index in [-0.39, 0.29) is 23.2 Å². The number of amides is 2. The number of carbonyl (C=O) groups excluding carboxylic acids is 2. The van der Waals surface area contributed by atoms with Gasteiger partial charge in [-0.15, -0.1) is 0 Å². The van der Waals surface area contributed by atoms with Crippen molar-refractivity contribution in [1.82, 2.24) is 5.32 Å². The number of benzene rings is 2. The van der Waals surface area contributed by atoms with Gasteiger partial charge in [-0.3, -0.25) is 9.59 Å². The summed E-state index contributed by atoms with van der Waals surface area (Å²) in [7, 11) is 0. The molecule has 2 N–H and O–H groups in total. The Bertz CT molecular complexity index is 875. The first-order valence-electron chi connectivity index (χ1n) is 9.61. The molecular formula is C22H23F3N2O2. The maximum Gasteiger partial charge on any atom is 0.251 e. The summed E-state index contributed by atoms with van der Waals surface area (Å²) in [6.45, 7) is 1.79. The summed E-state index contributed by atoms with van der Waals surface area (Å²) in [6.07, 6.45) is 3.55. The highest BCUT2D eigenvalue weighted by molar-refractivity contribution is 5.95. The largest absolute Gasteiger partial charge is 0.347 e. The topological polar surface area (TPSA) is 58.2 Å². The molecule has 2 amide bonds. The Kier molecular flexibility index (Phi) is 6.25. The Morgan fingerprint density at radius 3 is 2.17 bits per heavy atom. The quantitative estimate of drug-likeness (QED) is 0.696. The zero-order valence-electron chi connectivity index (χ0n) is 16.1. The summed E-state index contributed by atoms with van der Waals surface area (Å²) in [5.74, 6) is -3.01. The zero-order chi connectivity index (χ0) is 21.0. The molecule has 1 atom stereocenters. The Labute approximate surface area is 167 Å². The normalized spacial score (nSPS) is 15.9. The van der Waals surface area contributed by atoms with Gasteiger partial charge < -0.3 is 10.6 Å². The van der Waals surface area contributed by atoms with Gasteiger partial charge in [0.1, 0.15) is 17.5 Å². The summed E-state index contributed by atoms with van der Waals surface area (Å²) in [5, 5.41) is 5.65. The first-order chi connectivity index (χ1) is 13.8. The van der Waals surface area contributed by atoms with Gasteiger partial charge >= 0.3 is 0 Å². The summed E-state index contributed by atoms with van der Waals surface area (Å²) in [5.41, 5.74) is -0.0106. The molecule has 3 rings (SSSR count). The molecule has 1 aliphatic rings. The lowest BCUT2D eigenvalue weighted by Crippen LogP contribution is -2.53. The molecule has 0 heterocycles. The number of halogens is 3. The second-order valence-corrected chi connectivity index (χ2v) is 7.68. The molecule has 4 nitrogen and oxygen atoms in total. The Hall–Kier alpha value is -2.83. The third-order valence-electron chi connectivity index (χ3n) is 5.43. The Morgan fingerprint density at radius 1 is 1.00 bits per heavy atom. The second-order valence-electron chi connectivity index (χ2n) is 7.68. The van der Waals surface area contributed by atoms with Crippen LogP contribution in [0.4, 0.5) is 18.9 Å². The summed E-state index contributed by atoms with van der Waals surface area (Å²) < 4.78 is 39.7. The van der Waals surface area contributed by atoms with Gasteiger partial charge in [-0.25, -0.2) is 13.2 Å². The van der Waals surface area contributed by atoms with Gasteiger partial charge in [0.15, 0.2) is 0 Å². The van der Waals surface area contributed by atoms with Gasteiger partial charge in [0.25, 0.3) is 5.91 Å². The lowest BCUT2D eigenvalue weighted by atomic mass is 9.72.